The van der Waals surface area contributed by atoms with Crippen LogP contribution in [-0.4, -0.2) is 25.8 Å². The molecule has 6 heteroatoms. The van der Waals surface area contributed by atoms with Gasteiger partial charge in [-0.2, -0.15) is 4.31 Å². The van der Waals surface area contributed by atoms with Gasteiger partial charge in [-0.15, -0.1) is 11.6 Å². The third-order valence-corrected chi connectivity index (χ3v) is 6.80. The molecule has 1 aliphatic heterocycles. The van der Waals surface area contributed by atoms with Crippen LogP contribution in [0.25, 0.3) is 0 Å². The predicted molar refractivity (Wildman–Crippen MR) is 87.3 cm³/mol. The van der Waals surface area contributed by atoms with Crippen molar-refractivity contribution in [2.24, 2.45) is 11.3 Å². The molecule has 2 rings (SSSR count). The highest BCUT2D eigenvalue weighted by molar-refractivity contribution is 7.89. The normalized spacial score (nSPS) is 20.9. The van der Waals surface area contributed by atoms with E-state index in [1.54, 1.807) is 22.5 Å². The van der Waals surface area contributed by atoms with Gasteiger partial charge >= 0.3 is 0 Å². The molecule has 0 amide bonds. The lowest BCUT2D eigenvalue weighted by Gasteiger charge is -2.27. The molecule has 0 spiro atoms. The number of hydrogen-bond donors (Lipinski definition) is 0. The molecule has 1 aromatic rings. The van der Waals surface area contributed by atoms with Crippen molar-refractivity contribution in [2.45, 2.75) is 38.0 Å². The van der Waals surface area contributed by atoms with Crippen molar-refractivity contribution in [3.05, 3.63) is 28.8 Å². The quantitative estimate of drug-likeness (QED) is 0.769. The first kappa shape index (κ1) is 17.1. The minimum absolute atomic E-state index is 0.103. The van der Waals surface area contributed by atoms with E-state index in [0.29, 0.717) is 19.0 Å². The van der Waals surface area contributed by atoms with Crippen molar-refractivity contribution < 1.29 is 8.42 Å². The molecular weight excluding hydrogens is 329 g/mol. The Morgan fingerprint density at radius 3 is 2.52 bits per heavy atom. The molecule has 1 aromatic carbocycles. The van der Waals surface area contributed by atoms with Gasteiger partial charge in [0.15, 0.2) is 0 Å². The maximum absolute atomic E-state index is 12.8. The minimum Gasteiger partial charge on any atom is -0.207 e. The Bertz CT molecular complexity index is 623. The Morgan fingerprint density at radius 1 is 1.33 bits per heavy atom. The molecule has 0 bridgehead atoms. The SMILES string of the molecule is CC(C)(C)C1CCN(S(=O)(=O)c2cc(CCl)ccc2Cl)C1. The second-order valence-corrected chi connectivity index (χ2v) is 9.19. The smallest absolute Gasteiger partial charge is 0.207 e. The van der Waals surface area contributed by atoms with E-state index in [2.05, 4.69) is 20.8 Å². The van der Waals surface area contributed by atoms with E-state index in [4.69, 9.17) is 23.2 Å². The second-order valence-electron chi connectivity index (χ2n) is 6.61. The van der Waals surface area contributed by atoms with Gasteiger partial charge in [-0.05, 0) is 35.4 Å². The first-order chi connectivity index (χ1) is 9.66. The summed E-state index contributed by atoms with van der Waals surface area (Å²) in [6.07, 6.45) is 0.884. The summed E-state index contributed by atoms with van der Waals surface area (Å²) in [7, 11) is -3.55. The van der Waals surface area contributed by atoms with Crippen molar-refractivity contribution in [2.75, 3.05) is 13.1 Å². The van der Waals surface area contributed by atoms with Crippen LogP contribution in [0, 0.1) is 11.3 Å². The average molecular weight is 350 g/mol. The van der Waals surface area contributed by atoms with E-state index in [0.717, 1.165) is 12.0 Å². The van der Waals surface area contributed by atoms with Crippen LogP contribution < -0.4 is 0 Å². The molecule has 3 nitrogen and oxygen atoms in total. The number of rotatable bonds is 3. The van der Waals surface area contributed by atoms with E-state index >= 15 is 0 Å². The predicted octanol–water partition coefficient (Wildman–Crippen LogP) is 4.14. The third-order valence-electron chi connectivity index (χ3n) is 4.14. The summed E-state index contributed by atoms with van der Waals surface area (Å²) in [4.78, 5) is 0.164. The zero-order chi connectivity index (χ0) is 15.8. The highest BCUT2D eigenvalue weighted by atomic mass is 35.5. The molecule has 1 heterocycles. The van der Waals surface area contributed by atoms with E-state index in [-0.39, 0.29) is 21.2 Å². The van der Waals surface area contributed by atoms with Crippen molar-refractivity contribution in [3.63, 3.8) is 0 Å². The summed E-state index contributed by atoms with van der Waals surface area (Å²) < 4.78 is 27.1. The summed E-state index contributed by atoms with van der Waals surface area (Å²) in [6, 6.07) is 4.93. The number of hydrogen-bond acceptors (Lipinski definition) is 2. The lowest BCUT2D eigenvalue weighted by atomic mass is 9.80. The van der Waals surface area contributed by atoms with Gasteiger partial charge in [0, 0.05) is 19.0 Å². The summed E-state index contributed by atoms with van der Waals surface area (Å²) in [5, 5.41) is 0.253. The summed E-state index contributed by atoms with van der Waals surface area (Å²) in [5.41, 5.74) is 0.859. The molecule has 1 aliphatic rings. The van der Waals surface area contributed by atoms with Gasteiger partial charge in [0.1, 0.15) is 4.90 Å². The Kier molecular flexibility index (Phi) is 4.94. The van der Waals surface area contributed by atoms with Gasteiger partial charge in [0.05, 0.1) is 5.02 Å². The van der Waals surface area contributed by atoms with Gasteiger partial charge in [-0.1, -0.05) is 38.4 Å². The molecule has 1 saturated heterocycles. The summed E-state index contributed by atoms with van der Waals surface area (Å²) in [5.74, 6) is 0.631. The minimum atomic E-state index is -3.55. The van der Waals surface area contributed by atoms with Crippen LogP contribution in [0.4, 0.5) is 0 Å². The summed E-state index contributed by atoms with van der Waals surface area (Å²) in [6.45, 7) is 7.54. The zero-order valence-electron chi connectivity index (χ0n) is 12.6. The Hall–Kier alpha value is -0.290. The standard InChI is InChI=1S/C15H21Cl2NO2S/c1-15(2,3)12-6-7-18(10-12)21(19,20)14-8-11(9-16)4-5-13(14)17/h4-5,8,12H,6-7,9-10H2,1-3H3. The molecule has 1 atom stereocenters. The highest BCUT2D eigenvalue weighted by Gasteiger charge is 2.38. The average Bonchev–Trinajstić information content (AvgIpc) is 2.89. The molecule has 0 aliphatic carbocycles. The Balaban J connectivity index is 2.32. The molecule has 1 unspecified atom stereocenters. The number of halogens is 2. The van der Waals surface area contributed by atoms with Crippen LogP contribution >= 0.6 is 23.2 Å². The first-order valence-electron chi connectivity index (χ1n) is 7.01. The van der Waals surface area contributed by atoms with Crippen molar-refractivity contribution >= 4 is 33.2 Å². The Morgan fingerprint density at radius 2 is 2.00 bits per heavy atom. The van der Waals surface area contributed by atoms with Crippen LogP contribution in [0.2, 0.25) is 5.02 Å². The van der Waals surface area contributed by atoms with Crippen molar-refractivity contribution in [1.82, 2.24) is 4.31 Å². The zero-order valence-corrected chi connectivity index (χ0v) is 14.9. The maximum Gasteiger partial charge on any atom is 0.244 e. The molecule has 21 heavy (non-hydrogen) atoms. The lowest BCUT2D eigenvalue weighted by molar-refractivity contribution is 0.252. The molecule has 118 valence electrons. The van der Waals surface area contributed by atoms with E-state index in [1.807, 2.05) is 0 Å². The van der Waals surface area contributed by atoms with Gasteiger partial charge in [0.2, 0.25) is 10.0 Å². The van der Waals surface area contributed by atoms with Gasteiger partial charge in [0.25, 0.3) is 0 Å². The fourth-order valence-corrected chi connectivity index (χ4v) is 4.81. The van der Waals surface area contributed by atoms with E-state index in [1.165, 1.54) is 0 Å². The molecule has 1 fully saturated rings. The summed E-state index contributed by atoms with van der Waals surface area (Å²) >= 11 is 11.9. The third kappa shape index (κ3) is 3.55. The topological polar surface area (TPSA) is 37.4 Å². The molecule has 0 N–H and O–H groups in total. The van der Waals surface area contributed by atoms with Gasteiger partial charge in [-0.25, -0.2) is 8.42 Å². The molecule has 0 radical (unpaired) electrons. The second kappa shape index (κ2) is 6.07. The van der Waals surface area contributed by atoms with Crippen LogP contribution in [0.15, 0.2) is 23.1 Å². The van der Waals surface area contributed by atoms with Crippen LogP contribution in [0.1, 0.15) is 32.8 Å². The fourth-order valence-electron chi connectivity index (χ4n) is 2.62. The van der Waals surface area contributed by atoms with Crippen LogP contribution in [-0.2, 0) is 15.9 Å². The monoisotopic (exact) mass is 349 g/mol. The number of sulfonamides is 1. The number of alkyl halides is 1. The molecule has 0 saturated carbocycles. The maximum atomic E-state index is 12.8. The molecular formula is C15H21Cl2NO2S. The van der Waals surface area contributed by atoms with Crippen molar-refractivity contribution in [3.8, 4) is 0 Å². The van der Waals surface area contributed by atoms with Gasteiger partial charge in [-0.3, -0.25) is 0 Å². The fraction of sp³-hybridized carbons (Fsp3) is 0.600. The van der Waals surface area contributed by atoms with E-state index in [9.17, 15) is 8.42 Å². The highest BCUT2D eigenvalue weighted by Crippen LogP contribution is 2.37. The van der Waals surface area contributed by atoms with E-state index < -0.39 is 10.0 Å². The van der Waals surface area contributed by atoms with Gasteiger partial charge < -0.3 is 0 Å². The molecule has 0 aromatic heterocycles. The Labute approximate surface area is 137 Å². The van der Waals surface area contributed by atoms with Crippen LogP contribution in [0.5, 0.6) is 0 Å². The van der Waals surface area contributed by atoms with Crippen LogP contribution in [0.3, 0.4) is 0 Å². The first-order valence-corrected chi connectivity index (χ1v) is 9.36. The lowest BCUT2D eigenvalue weighted by Crippen LogP contribution is -2.31. The number of benzene rings is 1. The van der Waals surface area contributed by atoms with Crippen molar-refractivity contribution in [1.29, 1.82) is 0 Å². The number of nitrogens with zero attached hydrogens (tertiary/aromatic N) is 1. The largest absolute Gasteiger partial charge is 0.244 e.